The van der Waals surface area contributed by atoms with Gasteiger partial charge in [0.25, 0.3) is 0 Å². The van der Waals surface area contributed by atoms with E-state index in [1.807, 2.05) is 0 Å². The number of aromatic nitrogens is 2. The molecule has 0 fully saturated rings. The fraction of sp³-hybridized carbons (Fsp3) is 0.385. The number of methoxy groups -OCH3 is 1. The van der Waals surface area contributed by atoms with E-state index in [0.717, 1.165) is 0 Å². The number of aliphatic hydroxyl groups is 2. The summed E-state index contributed by atoms with van der Waals surface area (Å²) in [5.74, 6) is -0.513. The van der Waals surface area contributed by atoms with E-state index in [1.54, 1.807) is 6.07 Å². The molecule has 0 aliphatic carbocycles. The van der Waals surface area contributed by atoms with Crippen LogP contribution in [0.3, 0.4) is 0 Å². The maximum absolute atomic E-state index is 11.8. The zero-order valence-corrected chi connectivity index (χ0v) is 12.4. The third kappa shape index (κ3) is 2.84. The molecule has 1 heterocycles. The Morgan fingerprint density at radius 3 is 2.90 bits per heavy atom. The highest BCUT2D eigenvalue weighted by Crippen LogP contribution is 2.26. The number of aliphatic hydroxyl groups excluding tert-OH is 2. The standard InChI is InChI=1S/C13H15BrN2O4/c1-20-13(19)8-4-7(12(18)11(17)2-3-14)5-10-9(8)6-15-16-10/h4-6,11-12,17-18H,2-3H2,1H3,(H,15,16). The summed E-state index contributed by atoms with van der Waals surface area (Å²) in [5, 5.41) is 27.8. The second-order valence-electron chi connectivity index (χ2n) is 4.38. The normalized spacial score (nSPS) is 14.2. The first-order chi connectivity index (χ1) is 9.58. The molecule has 20 heavy (non-hydrogen) atoms. The molecule has 2 aromatic rings. The fourth-order valence-electron chi connectivity index (χ4n) is 2.01. The van der Waals surface area contributed by atoms with E-state index in [1.165, 1.54) is 19.4 Å². The Hall–Kier alpha value is -1.44. The van der Waals surface area contributed by atoms with Crippen molar-refractivity contribution in [1.29, 1.82) is 0 Å². The molecule has 108 valence electrons. The number of carbonyl (C=O) groups is 1. The predicted molar refractivity (Wildman–Crippen MR) is 76.8 cm³/mol. The highest BCUT2D eigenvalue weighted by molar-refractivity contribution is 9.09. The van der Waals surface area contributed by atoms with Crippen LogP contribution in [-0.4, -0.2) is 44.9 Å². The molecule has 1 aromatic carbocycles. The van der Waals surface area contributed by atoms with Gasteiger partial charge in [-0.25, -0.2) is 4.79 Å². The minimum atomic E-state index is -1.08. The number of hydrogen-bond donors (Lipinski definition) is 3. The van der Waals surface area contributed by atoms with E-state index in [2.05, 4.69) is 26.1 Å². The molecule has 1 aromatic heterocycles. The lowest BCUT2D eigenvalue weighted by Crippen LogP contribution is -2.19. The van der Waals surface area contributed by atoms with Gasteiger partial charge < -0.3 is 14.9 Å². The van der Waals surface area contributed by atoms with Crippen LogP contribution in [0.1, 0.15) is 28.4 Å². The number of nitrogens with one attached hydrogen (secondary N) is 1. The topological polar surface area (TPSA) is 95.4 Å². The lowest BCUT2D eigenvalue weighted by atomic mass is 9.98. The molecule has 2 rings (SSSR count). The molecule has 2 unspecified atom stereocenters. The number of rotatable bonds is 5. The number of aromatic amines is 1. The van der Waals surface area contributed by atoms with Crippen LogP contribution >= 0.6 is 15.9 Å². The van der Waals surface area contributed by atoms with Crippen LogP contribution in [0.25, 0.3) is 10.9 Å². The number of alkyl halides is 1. The number of hydrogen-bond acceptors (Lipinski definition) is 5. The van der Waals surface area contributed by atoms with Gasteiger partial charge in [0.15, 0.2) is 0 Å². The van der Waals surface area contributed by atoms with Crippen molar-refractivity contribution in [2.75, 3.05) is 12.4 Å². The summed E-state index contributed by atoms with van der Waals surface area (Å²) in [7, 11) is 1.29. The zero-order valence-electron chi connectivity index (χ0n) is 10.8. The Balaban J connectivity index is 2.46. The van der Waals surface area contributed by atoms with E-state index >= 15 is 0 Å². The van der Waals surface area contributed by atoms with Crippen molar-refractivity contribution in [2.24, 2.45) is 0 Å². The molecule has 0 saturated heterocycles. The first-order valence-electron chi connectivity index (χ1n) is 6.06. The first-order valence-corrected chi connectivity index (χ1v) is 7.18. The average molecular weight is 343 g/mol. The number of esters is 1. The third-order valence-electron chi connectivity index (χ3n) is 3.10. The summed E-state index contributed by atoms with van der Waals surface area (Å²) in [5.41, 5.74) is 1.35. The monoisotopic (exact) mass is 342 g/mol. The predicted octanol–water partition coefficient (Wildman–Crippen LogP) is 1.53. The number of ether oxygens (including phenoxy) is 1. The van der Waals surface area contributed by atoms with Gasteiger partial charge in [-0.05, 0) is 24.1 Å². The van der Waals surface area contributed by atoms with Gasteiger partial charge in [0.05, 0.1) is 30.5 Å². The van der Waals surface area contributed by atoms with Gasteiger partial charge in [0.2, 0.25) is 0 Å². The van der Waals surface area contributed by atoms with Crippen molar-refractivity contribution >= 4 is 32.8 Å². The van der Waals surface area contributed by atoms with Gasteiger partial charge in [0.1, 0.15) is 6.10 Å². The van der Waals surface area contributed by atoms with Crippen LogP contribution in [0.4, 0.5) is 0 Å². The summed E-state index contributed by atoms with van der Waals surface area (Å²) in [6, 6.07) is 3.18. The summed E-state index contributed by atoms with van der Waals surface area (Å²) in [6.45, 7) is 0. The number of benzene rings is 1. The average Bonchev–Trinajstić information content (AvgIpc) is 2.93. The van der Waals surface area contributed by atoms with Crippen molar-refractivity contribution in [3.63, 3.8) is 0 Å². The highest BCUT2D eigenvalue weighted by Gasteiger charge is 2.21. The molecule has 0 aliphatic heterocycles. The van der Waals surface area contributed by atoms with Crippen molar-refractivity contribution in [1.82, 2.24) is 10.2 Å². The number of halogens is 1. The maximum atomic E-state index is 11.8. The second-order valence-corrected chi connectivity index (χ2v) is 5.17. The molecular formula is C13H15BrN2O4. The summed E-state index contributed by atoms with van der Waals surface area (Å²) >= 11 is 3.21. The van der Waals surface area contributed by atoms with Gasteiger partial charge in [-0.15, -0.1) is 0 Å². The molecule has 0 radical (unpaired) electrons. The summed E-state index contributed by atoms with van der Waals surface area (Å²) in [4.78, 5) is 11.8. The lowest BCUT2D eigenvalue weighted by Gasteiger charge is -2.18. The van der Waals surface area contributed by atoms with Crippen molar-refractivity contribution in [3.8, 4) is 0 Å². The quantitative estimate of drug-likeness (QED) is 0.565. The Morgan fingerprint density at radius 2 is 2.25 bits per heavy atom. The van der Waals surface area contributed by atoms with E-state index < -0.39 is 18.2 Å². The smallest absolute Gasteiger partial charge is 0.338 e. The minimum Gasteiger partial charge on any atom is -0.465 e. The number of H-pyrrole nitrogens is 1. The zero-order chi connectivity index (χ0) is 14.7. The Kier molecular flexibility index (Phi) is 4.74. The van der Waals surface area contributed by atoms with Crippen LogP contribution in [-0.2, 0) is 4.74 Å². The Bertz CT molecular complexity index is 613. The third-order valence-corrected chi connectivity index (χ3v) is 3.56. The fourth-order valence-corrected chi connectivity index (χ4v) is 2.48. The van der Waals surface area contributed by atoms with Gasteiger partial charge in [-0.3, -0.25) is 5.10 Å². The van der Waals surface area contributed by atoms with Gasteiger partial charge in [-0.1, -0.05) is 15.9 Å². The van der Waals surface area contributed by atoms with Crippen molar-refractivity contribution in [2.45, 2.75) is 18.6 Å². The number of nitrogens with zero attached hydrogens (tertiary/aromatic N) is 1. The van der Waals surface area contributed by atoms with Crippen LogP contribution in [0.5, 0.6) is 0 Å². The minimum absolute atomic E-state index is 0.304. The van der Waals surface area contributed by atoms with Gasteiger partial charge in [0, 0.05) is 10.7 Å². The Morgan fingerprint density at radius 1 is 1.50 bits per heavy atom. The van der Waals surface area contributed by atoms with Crippen LogP contribution in [0.2, 0.25) is 0 Å². The largest absolute Gasteiger partial charge is 0.465 e. The molecule has 0 aliphatic rings. The van der Waals surface area contributed by atoms with Crippen molar-refractivity contribution in [3.05, 3.63) is 29.5 Å². The maximum Gasteiger partial charge on any atom is 0.338 e. The SMILES string of the molecule is COC(=O)c1cc(C(O)C(O)CCBr)cc2[nH]ncc12. The van der Waals surface area contributed by atoms with Crippen LogP contribution < -0.4 is 0 Å². The molecule has 2 atom stereocenters. The molecule has 0 spiro atoms. The molecule has 0 amide bonds. The lowest BCUT2D eigenvalue weighted by molar-refractivity contribution is 0.0173. The summed E-state index contributed by atoms with van der Waals surface area (Å²) in [6.07, 6.45) is -0.0773. The Labute approximate surface area is 123 Å². The van der Waals surface area contributed by atoms with E-state index in [4.69, 9.17) is 4.74 Å². The van der Waals surface area contributed by atoms with E-state index in [9.17, 15) is 15.0 Å². The molecule has 6 nitrogen and oxygen atoms in total. The molecule has 3 N–H and O–H groups in total. The highest BCUT2D eigenvalue weighted by atomic mass is 79.9. The van der Waals surface area contributed by atoms with E-state index in [-0.39, 0.29) is 0 Å². The molecule has 0 saturated carbocycles. The first kappa shape index (κ1) is 15.0. The molecular weight excluding hydrogens is 328 g/mol. The van der Waals surface area contributed by atoms with Crippen LogP contribution in [0.15, 0.2) is 18.3 Å². The van der Waals surface area contributed by atoms with Crippen LogP contribution in [0, 0.1) is 0 Å². The van der Waals surface area contributed by atoms with E-state index in [0.29, 0.717) is 33.8 Å². The molecule has 7 heteroatoms. The van der Waals surface area contributed by atoms with Gasteiger partial charge >= 0.3 is 5.97 Å². The molecule has 0 bridgehead atoms. The van der Waals surface area contributed by atoms with Crippen molar-refractivity contribution < 1.29 is 19.7 Å². The summed E-state index contributed by atoms with van der Waals surface area (Å²) < 4.78 is 4.72. The number of carbonyl (C=O) groups excluding carboxylic acids is 1. The van der Waals surface area contributed by atoms with Gasteiger partial charge in [-0.2, -0.15) is 5.10 Å². The second kappa shape index (κ2) is 6.34. The number of fused-ring (bicyclic) bond motifs is 1.